The number of nitrogens with two attached hydrogens (primary N) is 1. The van der Waals surface area contributed by atoms with Crippen molar-refractivity contribution in [1.29, 1.82) is 0 Å². The Morgan fingerprint density at radius 1 is 1.47 bits per heavy atom. The molecule has 0 aromatic carbocycles. The molecule has 0 saturated heterocycles. The molecule has 15 heavy (non-hydrogen) atoms. The molecular weight excluding hydrogens is 220 g/mol. The average Bonchev–Trinajstić information content (AvgIpc) is 2.00. The van der Waals surface area contributed by atoms with Crippen molar-refractivity contribution in [2.24, 2.45) is 5.73 Å². The predicted octanol–water partition coefficient (Wildman–Crippen LogP) is -0.795. The fourth-order valence-electron chi connectivity index (χ4n) is 0.765. The van der Waals surface area contributed by atoms with Crippen molar-refractivity contribution >= 4 is 16.0 Å². The van der Waals surface area contributed by atoms with Gasteiger partial charge in [-0.05, 0) is 27.8 Å². The van der Waals surface area contributed by atoms with Crippen LogP contribution in [0.5, 0.6) is 0 Å². The first-order valence-electron chi connectivity index (χ1n) is 4.47. The SMILES string of the molecule is CNS(=O)(=O)C[C@@H](N)C(=O)OC(C)(C)C. The van der Waals surface area contributed by atoms with Crippen molar-refractivity contribution in [3.63, 3.8) is 0 Å². The molecule has 7 heteroatoms. The van der Waals surface area contributed by atoms with Crippen LogP contribution >= 0.6 is 0 Å². The number of hydrogen-bond acceptors (Lipinski definition) is 5. The van der Waals surface area contributed by atoms with Gasteiger partial charge in [-0.25, -0.2) is 13.1 Å². The third kappa shape index (κ3) is 6.43. The van der Waals surface area contributed by atoms with Crippen LogP contribution in [0.3, 0.4) is 0 Å². The number of carbonyl (C=O) groups is 1. The smallest absolute Gasteiger partial charge is 0.324 e. The van der Waals surface area contributed by atoms with Crippen molar-refractivity contribution in [3.05, 3.63) is 0 Å². The van der Waals surface area contributed by atoms with Gasteiger partial charge >= 0.3 is 5.97 Å². The fourth-order valence-corrected chi connectivity index (χ4v) is 1.54. The van der Waals surface area contributed by atoms with Gasteiger partial charge in [-0.2, -0.15) is 0 Å². The summed E-state index contributed by atoms with van der Waals surface area (Å²) in [6.45, 7) is 5.05. The normalized spacial score (nSPS) is 14.7. The zero-order valence-electron chi connectivity index (χ0n) is 9.40. The zero-order chi connectivity index (χ0) is 12.3. The highest BCUT2D eigenvalue weighted by molar-refractivity contribution is 7.89. The van der Waals surface area contributed by atoms with Crippen LogP contribution in [-0.2, 0) is 19.6 Å². The van der Waals surface area contributed by atoms with Gasteiger partial charge in [0, 0.05) is 0 Å². The molecule has 0 unspecified atom stereocenters. The molecule has 3 N–H and O–H groups in total. The van der Waals surface area contributed by atoms with E-state index in [1.54, 1.807) is 20.8 Å². The summed E-state index contributed by atoms with van der Waals surface area (Å²) in [7, 11) is -2.23. The van der Waals surface area contributed by atoms with Crippen LogP contribution < -0.4 is 10.5 Å². The summed E-state index contributed by atoms with van der Waals surface area (Å²) < 4.78 is 29.2. The van der Waals surface area contributed by atoms with E-state index < -0.39 is 33.4 Å². The Morgan fingerprint density at radius 2 is 1.93 bits per heavy atom. The predicted molar refractivity (Wildman–Crippen MR) is 56.7 cm³/mol. The Labute approximate surface area is 90.2 Å². The van der Waals surface area contributed by atoms with Crippen molar-refractivity contribution in [3.8, 4) is 0 Å². The van der Waals surface area contributed by atoms with E-state index in [2.05, 4.69) is 4.72 Å². The summed E-state index contributed by atoms with van der Waals surface area (Å²) in [6.07, 6.45) is 0. The summed E-state index contributed by atoms with van der Waals surface area (Å²) in [5, 5.41) is 0. The molecule has 0 aliphatic heterocycles. The second-order valence-electron chi connectivity index (χ2n) is 4.13. The third-order valence-corrected chi connectivity index (χ3v) is 2.84. The molecule has 0 aliphatic rings. The number of nitrogens with one attached hydrogen (secondary N) is 1. The van der Waals surface area contributed by atoms with Gasteiger partial charge in [0.05, 0.1) is 5.75 Å². The Kier molecular flexibility index (Phi) is 4.69. The number of carbonyl (C=O) groups excluding carboxylic acids is 1. The molecule has 0 amide bonds. The van der Waals surface area contributed by atoms with Gasteiger partial charge < -0.3 is 10.5 Å². The lowest BCUT2D eigenvalue weighted by Crippen LogP contribution is -2.44. The topological polar surface area (TPSA) is 98.5 Å². The monoisotopic (exact) mass is 238 g/mol. The summed E-state index contributed by atoms with van der Waals surface area (Å²) >= 11 is 0. The molecule has 6 nitrogen and oxygen atoms in total. The molecule has 0 radical (unpaired) electrons. The molecule has 0 heterocycles. The second-order valence-corrected chi connectivity index (χ2v) is 6.10. The van der Waals surface area contributed by atoms with Crippen LogP contribution in [0, 0.1) is 0 Å². The highest BCUT2D eigenvalue weighted by Gasteiger charge is 2.25. The van der Waals surface area contributed by atoms with Crippen LogP contribution in [0.15, 0.2) is 0 Å². The summed E-state index contributed by atoms with van der Waals surface area (Å²) in [4.78, 5) is 11.3. The van der Waals surface area contributed by atoms with Gasteiger partial charge in [0.15, 0.2) is 0 Å². The lowest BCUT2D eigenvalue weighted by atomic mass is 10.2. The van der Waals surface area contributed by atoms with Crippen molar-refractivity contribution in [1.82, 2.24) is 4.72 Å². The van der Waals surface area contributed by atoms with Gasteiger partial charge in [-0.1, -0.05) is 0 Å². The van der Waals surface area contributed by atoms with Gasteiger partial charge in [0.25, 0.3) is 0 Å². The highest BCUT2D eigenvalue weighted by atomic mass is 32.2. The lowest BCUT2D eigenvalue weighted by Gasteiger charge is -2.21. The lowest BCUT2D eigenvalue weighted by molar-refractivity contribution is -0.155. The van der Waals surface area contributed by atoms with E-state index in [0.717, 1.165) is 0 Å². The molecule has 0 aromatic heterocycles. The van der Waals surface area contributed by atoms with Gasteiger partial charge in [-0.15, -0.1) is 0 Å². The Morgan fingerprint density at radius 3 is 2.27 bits per heavy atom. The first kappa shape index (κ1) is 14.3. The standard InChI is InChI=1S/C8H18N2O4S/c1-8(2,3)14-7(11)6(9)5-15(12,13)10-4/h6,10H,5,9H2,1-4H3/t6-/m1/s1. The third-order valence-electron chi connectivity index (χ3n) is 1.42. The minimum absolute atomic E-state index is 0.474. The Balaban J connectivity index is 4.36. The largest absolute Gasteiger partial charge is 0.459 e. The van der Waals surface area contributed by atoms with Crippen molar-refractivity contribution in [2.75, 3.05) is 12.8 Å². The molecule has 0 spiro atoms. The van der Waals surface area contributed by atoms with Crippen molar-refractivity contribution in [2.45, 2.75) is 32.4 Å². The van der Waals surface area contributed by atoms with Crippen LogP contribution in [0.4, 0.5) is 0 Å². The number of esters is 1. The number of ether oxygens (including phenoxy) is 1. The second kappa shape index (κ2) is 4.91. The van der Waals surface area contributed by atoms with Crippen molar-refractivity contribution < 1.29 is 17.9 Å². The summed E-state index contributed by atoms with van der Waals surface area (Å²) in [6, 6.07) is -1.17. The van der Waals surface area contributed by atoms with Gasteiger partial charge in [-0.3, -0.25) is 4.79 Å². The Bertz CT molecular complexity index is 318. The molecule has 0 rings (SSSR count). The van der Waals surface area contributed by atoms with Gasteiger partial charge in [0.1, 0.15) is 11.6 Å². The fraction of sp³-hybridized carbons (Fsp3) is 0.875. The van der Waals surface area contributed by atoms with E-state index in [1.165, 1.54) is 7.05 Å². The van der Waals surface area contributed by atoms with Crippen LogP contribution in [-0.4, -0.2) is 38.8 Å². The van der Waals surface area contributed by atoms with Crippen LogP contribution in [0.25, 0.3) is 0 Å². The average molecular weight is 238 g/mol. The van der Waals surface area contributed by atoms with E-state index in [0.29, 0.717) is 0 Å². The maximum Gasteiger partial charge on any atom is 0.324 e. The molecule has 0 fully saturated rings. The molecule has 0 aliphatic carbocycles. The molecule has 90 valence electrons. The molecule has 0 aromatic rings. The van der Waals surface area contributed by atoms with E-state index in [1.807, 2.05) is 0 Å². The zero-order valence-corrected chi connectivity index (χ0v) is 10.2. The maximum absolute atomic E-state index is 11.3. The molecular formula is C8H18N2O4S. The van der Waals surface area contributed by atoms with Crippen LogP contribution in [0.2, 0.25) is 0 Å². The van der Waals surface area contributed by atoms with E-state index >= 15 is 0 Å². The van der Waals surface area contributed by atoms with E-state index in [9.17, 15) is 13.2 Å². The first-order valence-corrected chi connectivity index (χ1v) is 6.12. The number of hydrogen-bond donors (Lipinski definition) is 2. The van der Waals surface area contributed by atoms with E-state index in [4.69, 9.17) is 10.5 Å². The summed E-state index contributed by atoms with van der Waals surface area (Å²) in [5.74, 6) is -1.19. The number of sulfonamides is 1. The molecule has 0 bridgehead atoms. The Hall–Kier alpha value is -0.660. The first-order chi connectivity index (χ1) is 6.57. The van der Waals surface area contributed by atoms with E-state index in [-0.39, 0.29) is 0 Å². The summed E-state index contributed by atoms with van der Waals surface area (Å²) in [5.41, 5.74) is 4.72. The van der Waals surface area contributed by atoms with Gasteiger partial charge in [0.2, 0.25) is 10.0 Å². The quantitative estimate of drug-likeness (QED) is 0.625. The minimum atomic E-state index is -3.50. The highest BCUT2D eigenvalue weighted by Crippen LogP contribution is 2.08. The van der Waals surface area contributed by atoms with Crippen LogP contribution in [0.1, 0.15) is 20.8 Å². The molecule has 0 saturated carbocycles. The maximum atomic E-state index is 11.3. The molecule has 1 atom stereocenters. The minimum Gasteiger partial charge on any atom is -0.459 e. The number of rotatable bonds is 4.